The van der Waals surface area contributed by atoms with Crippen molar-refractivity contribution >= 4 is 10.8 Å². The Labute approximate surface area is 127 Å². The number of pyridine rings is 1. The number of nitrogens with one attached hydrogen (secondary N) is 1. The average molecular weight is 280 g/mol. The fourth-order valence-electron chi connectivity index (χ4n) is 3.34. The van der Waals surface area contributed by atoms with Crippen LogP contribution in [-0.2, 0) is 0 Å². The van der Waals surface area contributed by atoms with Crippen LogP contribution < -0.4 is 5.32 Å². The van der Waals surface area contributed by atoms with Crippen LogP contribution >= 0.6 is 0 Å². The molecule has 1 atom stereocenters. The first-order valence-electron chi connectivity index (χ1n) is 8.12. The molecule has 2 nitrogen and oxygen atoms in total. The molecule has 0 amide bonds. The van der Waals surface area contributed by atoms with Gasteiger partial charge < -0.3 is 5.32 Å². The summed E-state index contributed by atoms with van der Waals surface area (Å²) in [6, 6.07) is 9.11. The number of nitrogens with zero attached hydrogens (tertiary/aromatic N) is 1. The lowest BCUT2D eigenvalue weighted by atomic mass is 9.90. The maximum Gasteiger partial charge on any atom is 0.0363 e. The average Bonchev–Trinajstić information content (AvgIpc) is 2.55. The quantitative estimate of drug-likeness (QED) is 0.798. The molecule has 21 heavy (non-hydrogen) atoms. The summed E-state index contributed by atoms with van der Waals surface area (Å²) >= 11 is 0. The number of hydrogen-bond donors (Lipinski definition) is 1. The van der Waals surface area contributed by atoms with Crippen LogP contribution in [0.25, 0.3) is 10.8 Å². The first-order chi connectivity index (χ1) is 10.4. The van der Waals surface area contributed by atoms with Gasteiger partial charge in [-0.2, -0.15) is 0 Å². The van der Waals surface area contributed by atoms with Crippen molar-refractivity contribution in [2.75, 3.05) is 6.54 Å². The van der Waals surface area contributed by atoms with E-state index in [4.69, 9.17) is 0 Å². The van der Waals surface area contributed by atoms with Crippen molar-refractivity contribution in [1.82, 2.24) is 10.3 Å². The minimum absolute atomic E-state index is 0.408. The summed E-state index contributed by atoms with van der Waals surface area (Å²) in [6.45, 7) is 3.19. The summed E-state index contributed by atoms with van der Waals surface area (Å²) in [4.78, 5) is 4.24. The second-order valence-electron chi connectivity index (χ2n) is 5.87. The van der Waals surface area contributed by atoms with Gasteiger partial charge in [0.25, 0.3) is 0 Å². The number of fused-ring (bicyclic) bond motifs is 1. The van der Waals surface area contributed by atoms with E-state index in [-0.39, 0.29) is 0 Å². The van der Waals surface area contributed by atoms with Gasteiger partial charge in [0.2, 0.25) is 0 Å². The molecule has 1 heterocycles. The van der Waals surface area contributed by atoms with Crippen LogP contribution in [-0.4, -0.2) is 11.5 Å². The molecule has 2 aromatic rings. The second-order valence-corrected chi connectivity index (χ2v) is 5.87. The van der Waals surface area contributed by atoms with E-state index in [9.17, 15) is 0 Å². The Hall–Kier alpha value is -1.67. The zero-order chi connectivity index (χ0) is 14.5. The van der Waals surface area contributed by atoms with Crippen LogP contribution in [0.15, 0.2) is 48.3 Å². The van der Waals surface area contributed by atoms with Crippen molar-refractivity contribution in [3.05, 3.63) is 53.9 Å². The van der Waals surface area contributed by atoms with Crippen LogP contribution in [0.1, 0.15) is 50.6 Å². The molecule has 1 N–H and O–H groups in total. The van der Waals surface area contributed by atoms with Crippen LogP contribution in [0.2, 0.25) is 0 Å². The molecule has 110 valence electrons. The van der Waals surface area contributed by atoms with Crippen molar-refractivity contribution in [2.45, 2.75) is 45.1 Å². The molecule has 0 saturated heterocycles. The Morgan fingerprint density at radius 2 is 2.19 bits per heavy atom. The van der Waals surface area contributed by atoms with Gasteiger partial charge in [0.05, 0.1) is 0 Å². The molecular formula is C19H24N2. The Morgan fingerprint density at radius 3 is 3.00 bits per heavy atom. The first-order valence-corrected chi connectivity index (χ1v) is 8.12. The number of benzene rings is 1. The van der Waals surface area contributed by atoms with E-state index in [1.807, 2.05) is 12.4 Å². The van der Waals surface area contributed by atoms with E-state index in [2.05, 4.69) is 47.6 Å². The minimum atomic E-state index is 0.408. The Kier molecular flexibility index (Phi) is 4.66. The van der Waals surface area contributed by atoms with Crippen LogP contribution in [0, 0.1) is 0 Å². The fourth-order valence-corrected chi connectivity index (χ4v) is 3.34. The molecular weight excluding hydrogens is 256 g/mol. The van der Waals surface area contributed by atoms with Gasteiger partial charge >= 0.3 is 0 Å². The van der Waals surface area contributed by atoms with E-state index in [1.165, 1.54) is 42.0 Å². The summed E-state index contributed by atoms with van der Waals surface area (Å²) in [5, 5.41) is 6.24. The lowest BCUT2D eigenvalue weighted by molar-refractivity contribution is 0.530. The molecule has 1 aromatic heterocycles. The molecule has 0 bridgehead atoms. The van der Waals surface area contributed by atoms with Gasteiger partial charge in [-0.3, -0.25) is 4.98 Å². The molecule has 0 aliphatic heterocycles. The second kappa shape index (κ2) is 6.86. The van der Waals surface area contributed by atoms with Gasteiger partial charge in [-0.1, -0.05) is 36.8 Å². The van der Waals surface area contributed by atoms with Crippen LogP contribution in [0.3, 0.4) is 0 Å². The van der Waals surface area contributed by atoms with Gasteiger partial charge in [-0.05, 0) is 55.7 Å². The molecule has 0 spiro atoms. The van der Waals surface area contributed by atoms with E-state index in [1.54, 1.807) is 5.57 Å². The molecule has 1 unspecified atom stereocenters. The summed E-state index contributed by atoms with van der Waals surface area (Å²) in [6.07, 6.45) is 12.7. The number of allylic oxidation sites excluding steroid dienone is 1. The monoisotopic (exact) mass is 280 g/mol. The Morgan fingerprint density at radius 1 is 1.24 bits per heavy atom. The number of aromatic nitrogens is 1. The first kappa shape index (κ1) is 14.3. The van der Waals surface area contributed by atoms with E-state index in [0.29, 0.717) is 6.04 Å². The standard InChI is InChI=1S/C19H24N2/c1-2-21-19(13-15-7-4-3-5-8-15)18-10-6-9-16-14-20-12-11-17(16)18/h6-7,9-12,14,19,21H,2-5,8,13H2,1H3. The lowest BCUT2D eigenvalue weighted by Gasteiger charge is -2.23. The predicted molar refractivity (Wildman–Crippen MR) is 89.3 cm³/mol. The highest BCUT2D eigenvalue weighted by molar-refractivity contribution is 5.85. The van der Waals surface area contributed by atoms with Gasteiger partial charge in [-0.25, -0.2) is 0 Å². The molecule has 0 radical (unpaired) electrons. The fraction of sp³-hybridized carbons (Fsp3) is 0.421. The molecule has 1 aliphatic carbocycles. The van der Waals surface area contributed by atoms with Crippen molar-refractivity contribution in [2.24, 2.45) is 0 Å². The van der Waals surface area contributed by atoms with Gasteiger partial charge in [0.15, 0.2) is 0 Å². The van der Waals surface area contributed by atoms with Crippen molar-refractivity contribution in [1.29, 1.82) is 0 Å². The maximum absolute atomic E-state index is 4.24. The topological polar surface area (TPSA) is 24.9 Å². The highest BCUT2D eigenvalue weighted by Gasteiger charge is 2.16. The zero-order valence-corrected chi connectivity index (χ0v) is 12.8. The number of rotatable bonds is 5. The van der Waals surface area contributed by atoms with E-state index in [0.717, 1.165) is 13.0 Å². The van der Waals surface area contributed by atoms with Gasteiger partial charge in [0.1, 0.15) is 0 Å². The van der Waals surface area contributed by atoms with Crippen molar-refractivity contribution in [3.63, 3.8) is 0 Å². The highest BCUT2D eigenvalue weighted by atomic mass is 14.9. The van der Waals surface area contributed by atoms with E-state index >= 15 is 0 Å². The SMILES string of the molecule is CCNC(CC1=CCCCC1)c1cccc2cnccc12. The van der Waals surface area contributed by atoms with Crippen LogP contribution in [0.5, 0.6) is 0 Å². The maximum atomic E-state index is 4.24. The largest absolute Gasteiger partial charge is 0.310 e. The number of hydrogen-bond acceptors (Lipinski definition) is 2. The Balaban J connectivity index is 1.93. The van der Waals surface area contributed by atoms with E-state index < -0.39 is 0 Å². The molecule has 2 heteroatoms. The molecule has 1 aromatic carbocycles. The minimum Gasteiger partial charge on any atom is -0.310 e. The molecule has 0 saturated carbocycles. The highest BCUT2D eigenvalue weighted by Crippen LogP contribution is 2.31. The summed E-state index contributed by atoms with van der Waals surface area (Å²) < 4.78 is 0. The van der Waals surface area contributed by atoms with Crippen LogP contribution in [0.4, 0.5) is 0 Å². The third-order valence-corrected chi connectivity index (χ3v) is 4.39. The summed E-state index contributed by atoms with van der Waals surface area (Å²) in [5.74, 6) is 0. The Bertz CT molecular complexity index is 625. The summed E-state index contributed by atoms with van der Waals surface area (Å²) in [5.41, 5.74) is 3.03. The molecule has 0 fully saturated rings. The van der Waals surface area contributed by atoms with Crippen molar-refractivity contribution in [3.8, 4) is 0 Å². The molecule has 1 aliphatic rings. The van der Waals surface area contributed by atoms with Crippen molar-refractivity contribution < 1.29 is 0 Å². The zero-order valence-electron chi connectivity index (χ0n) is 12.8. The third kappa shape index (κ3) is 3.33. The predicted octanol–water partition coefficient (Wildman–Crippen LogP) is 4.78. The lowest BCUT2D eigenvalue weighted by Crippen LogP contribution is -2.22. The molecule has 3 rings (SSSR count). The van der Waals surface area contributed by atoms with Gasteiger partial charge in [0, 0.05) is 23.8 Å². The smallest absolute Gasteiger partial charge is 0.0363 e. The normalized spacial score (nSPS) is 16.7. The van der Waals surface area contributed by atoms with Gasteiger partial charge in [-0.15, -0.1) is 0 Å². The third-order valence-electron chi connectivity index (χ3n) is 4.39. The summed E-state index contributed by atoms with van der Waals surface area (Å²) in [7, 11) is 0.